The molecule has 0 bridgehead atoms. The summed E-state index contributed by atoms with van der Waals surface area (Å²) in [4.78, 5) is 4.29. The van der Waals surface area contributed by atoms with Crippen molar-refractivity contribution in [2.75, 3.05) is 13.1 Å². The van der Waals surface area contributed by atoms with Crippen molar-refractivity contribution in [2.24, 2.45) is 11.8 Å². The number of hydrogen-bond donors (Lipinski definition) is 1. The Morgan fingerprint density at radius 3 is 2.67 bits per heavy atom. The Balaban J connectivity index is 1.98. The Morgan fingerprint density at radius 2 is 2.06 bits per heavy atom. The van der Waals surface area contributed by atoms with Crippen LogP contribution >= 0.6 is 0 Å². The molecule has 1 aliphatic carbocycles. The summed E-state index contributed by atoms with van der Waals surface area (Å²) in [6.45, 7) is 6.75. The fourth-order valence-electron chi connectivity index (χ4n) is 3.04. The normalized spacial score (nSPS) is 18.4. The summed E-state index contributed by atoms with van der Waals surface area (Å²) >= 11 is 0. The van der Waals surface area contributed by atoms with Crippen molar-refractivity contribution in [1.82, 2.24) is 10.3 Å². The van der Waals surface area contributed by atoms with Gasteiger partial charge in [0, 0.05) is 24.9 Å². The fourth-order valence-corrected chi connectivity index (χ4v) is 3.04. The zero-order valence-corrected chi connectivity index (χ0v) is 11.7. The molecule has 1 heterocycles. The summed E-state index contributed by atoms with van der Waals surface area (Å²) in [6.07, 6.45) is 9.53. The van der Waals surface area contributed by atoms with Crippen LogP contribution in [0.2, 0.25) is 0 Å². The lowest BCUT2D eigenvalue weighted by Crippen LogP contribution is -2.28. The largest absolute Gasteiger partial charge is 0.316 e. The molecule has 18 heavy (non-hydrogen) atoms. The average Bonchev–Trinajstić information content (AvgIpc) is 2.89. The molecule has 0 saturated heterocycles. The quantitative estimate of drug-likeness (QED) is 0.829. The summed E-state index contributed by atoms with van der Waals surface area (Å²) < 4.78 is 0. The molecule has 1 aromatic heterocycles. The molecule has 1 aromatic rings. The van der Waals surface area contributed by atoms with Crippen LogP contribution in [0.15, 0.2) is 24.5 Å². The molecule has 100 valence electrons. The van der Waals surface area contributed by atoms with Gasteiger partial charge in [-0.05, 0) is 42.9 Å². The van der Waals surface area contributed by atoms with Crippen molar-refractivity contribution in [3.05, 3.63) is 30.1 Å². The van der Waals surface area contributed by atoms with Gasteiger partial charge < -0.3 is 5.32 Å². The van der Waals surface area contributed by atoms with Crippen LogP contribution in [0.1, 0.15) is 51.0 Å². The van der Waals surface area contributed by atoms with Crippen LogP contribution in [0.3, 0.4) is 0 Å². The lowest BCUT2D eigenvalue weighted by atomic mass is 9.85. The molecule has 2 heteroatoms. The second-order valence-electron chi connectivity index (χ2n) is 5.99. The first-order valence-corrected chi connectivity index (χ1v) is 7.38. The molecule has 0 amide bonds. The number of aromatic nitrogens is 1. The van der Waals surface area contributed by atoms with Gasteiger partial charge in [-0.3, -0.25) is 4.98 Å². The summed E-state index contributed by atoms with van der Waals surface area (Å²) in [7, 11) is 0. The smallest absolute Gasteiger partial charge is 0.0303 e. The molecule has 1 saturated carbocycles. The van der Waals surface area contributed by atoms with Gasteiger partial charge in [0.15, 0.2) is 0 Å². The Morgan fingerprint density at radius 1 is 1.28 bits per heavy atom. The Hall–Kier alpha value is -0.890. The zero-order valence-electron chi connectivity index (χ0n) is 11.7. The second-order valence-corrected chi connectivity index (χ2v) is 5.99. The first-order valence-electron chi connectivity index (χ1n) is 7.38. The van der Waals surface area contributed by atoms with Crippen LogP contribution in [-0.4, -0.2) is 18.1 Å². The summed E-state index contributed by atoms with van der Waals surface area (Å²) in [5, 5.41) is 3.63. The van der Waals surface area contributed by atoms with E-state index >= 15 is 0 Å². The predicted molar refractivity (Wildman–Crippen MR) is 76.6 cm³/mol. The number of nitrogens with one attached hydrogen (secondary N) is 1. The molecule has 1 fully saturated rings. The monoisotopic (exact) mass is 246 g/mol. The molecular formula is C16H26N2. The molecule has 2 rings (SSSR count). The van der Waals surface area contributed by atoms with E-state index in [0.717, 1.165) is 24.9 Å². The fraction of sp³-hybridized carbons (Fsp3) is 0.688. The molecule has 1 aliphatic rings. The molecule has 0 aliphatic heterocycles. The van der Waals surface area contributed by atoms with Crippen LogP contribution < -0.4 is 5.32 Å². The van der Waals surface area contributed by atoms with Gasteiger partial charge in [0.1, 0.15) is 0 Å². The maximum absolute atomic E-state index is 4.29. The van der Waals surface area contributed by atoms with Crippen molar-refractivity contribution in [3.8, 4) is 0 Å². The number of pyridine rings is 1. The second kappa shape index (κ2) is 6.89. The Kier molecular flexibility index (Phi) is 5.18. The third kappa shape index (κ3) is 3.81. The maximum Gasteiger partial charge on any atom is 0.0303 e. The van der Waals surface area contributed by atoms with Crippen molar-refractivity contribution in [1.29, 1.82) is 0 Å². The molecule has 2 nitrogen and oxygen atoms in total. The van der Waals surface area contributed by atoms with Crippen LogP contribution in [0.4, 0.5) is 0 Å². The highest BCUT2D eigenvalue weighted by Crippen LogP contribution is 2.36. The van der Waals surface area contributed by atoms with Gasteiger partial charge in [-0.1, -0.05) is 32.8 Å². The van der Waals surface area contributed by atoms with E-state index in [9.17, 15) is 0 Å². The van der Waals surface area contributed by atoms with Crippen LogP contribution in [0.25, 0.3) is 0 Å². The summed E-state index contributed by atoms with van der Waals surface area (Å²) in [5.74, 6) is 2.23. The topological polar surface area (TPSA) is 24.9 Å². The Labute approximate surface area is 111 Å². The minimum atomic E-state index is 0.653. The van der Waals surface area contributed by atoms with Gasteiger partial charge >= 0.3 is 0 Å². The SMILES string of the molecule is CC(C)CNCC(c1cccnc1)C1CCCC1. The number of hydrogen-bond acceptors (Lipinski definition) is 2. The molecule has 1 N–H and O–H groups in total. The lowest BCUT2D eigenvalue weighted by molar-refractivity contribution is 0.400. The van der Waals surface area contributed by atoms with Gasteiger partial charge in [0.25, 0.3) is 0 Å². The van der Waals surface area contributed by atoms with Gasteiger partial charge in [-0.25, -0.2) is 0 Å². The van der Waals surface area contributed by atoms with Gasteiger partial charge in [0.2, 0.25) is 0 Å². The molecule has 0 radical (unpaired) electrons. The van der Waals surface area contributed by atoms with E-state index in [4.69, 9.17) is 0 Å². The van der Waals surface area contributed by atoms with E-state index in [0.29, 0.717) is 5.92 Å². The number of nitrogens with zero attached hydrogens (tertiary/aromatic N) is 1. The van der Waals surface area contributed by atoms with Gasteiger partial charge in [-0.15, -0.1) is 0 Å². The molecule has 0 spiro atoms. The summed E-state index contributed by atoms with van der Waals surface area (Å²) in [6, 6.07) is 4.31. The van der Waals surface area contributed by atoms with Crippen molar-refractivity contribution < 1.29 is 0 Å². The van der Waals surface area contributed by atoms with Gasteiger partial charge in [-0.2, -0.15) is 0 Å². The number of rotatable bonds is 6. The molecule has 1 atom stereocenters. The zero-order chi connectivity index (χ0) is 12.8. The van der Waals surface area contributed by atoms with Crippen LogP contribution in [0, 0.1) is 11.8 Å². The van der Waals surface area contributed by atoms with E-state index in [2.05, 4.69) is 42.5 Å². The highest BCUT2D eigenvalue weighted by molar-refractivity contribution is 5.16. The van der Waals surface area contributed by atoms with Crippen molar-refractivity contribution in [3.63, 3.8) is 0 Å². The van der Waals surface area contributed by atoms with E-state index in [1.165, 1.54) is 31.2 Å². The van der Waals surface area contributed by atoms with Crippen molar-refractivity contribution in [2.45, 2.75) is 45.4 Å². The van der Waals surface area contributed by atoms with E-state index in [-0.39, 0.29) is 0 Å². The third-order valence-electron chi connectivity index (χ3n) is 4.00. The van der Waals surface area contributed by atoms with Gasteiger partial charge in [0.05, 0.1) is 0 Å². The van der Waals surface area contributed by atoms with E-state index < -0.39 is 0 Å². The highest BCUT2D eigenvalue weighted by Gasteiger charge is 2.26. The highest BCUT2D eigenvalue weighted by atomic mass is 14.9. The van der Waals surface area contributed by atoms with E-state index in [1.807, 2.05) is 6.20 Å². The summed E-state index contributed by atoms with van der Waals surface area (Å²) in [5.41, 5.74) is 1.42. The molecular weight excluding hydrogens is 220 g/mol. The third-order valence-corrected chi connectivity index (χ3v) is 4.00. The van der Waals surface area contributed by atoms with Crippen LogP contribution in [0.5, 0.6) is 0 Å². The van der Waals surface area contributed by atoms with E-state index in [1.54, 1.807) is 0 Å². The van der Waals surface area contributed by atoms with Crippen LogP contribution in [-0.2, 0) is 0 Å². The molecule has 0 aromatic carbocycles. The first-order chi connectivity index (χ1) is 8.77. The average molecular weight is 246 g/mol. The Bertz CT molecular complexity index is 328. The lowest BCUT2D eigenvalue weighted by Gasteiger charge is -2.24. The minimum absolute atomic E-state index is 0.653. The standard InChI is InChI=1S/C16H26N2/c1-13(2)10-18-12-16(14-6-3-4-7-14)15-8-5-9-17-11-15/h5,8-9,11,13-14,16,18H,3-4,6-7,10,12H2,1-2H3. The predicted octanol–water partition coefficient (Wildman–Crippen LogP) is 3.60. The molecule has 1 unspecified atom stereocenters. The minimum Gasteiger partial charge on any atom is -0.316 e. The van der Waals surface area contributed by atoms with Crippen molar-refractivity contribution >= 4 is 0 Å². The first kappa shape index (κ1) is 13.5. The maximum atomic E-state index is 4.29.